The van der Waals surface area contributed by atoms with Gasteiger partial charge in [-0.2, -0.15) is 5.10 Å². The Morgan fingerprint density at radius 2 is 2.16 bits per heavy atom. The van der Waals surface area contributed by atoms with Gasteiger partial charge < -0.3 is 4.74 Å². The number of hydrogen-bond acceptors (Lipinski definition) is 4. The van der Waals surface area contributed by atoms with Gasteiger partial charge in [0.05, 0.1) is 28.9 Å². The molecule has 0 aliphatic heterocycles. The Bertz CT molecular complexity index is 432. The zero-order chi connectivity index (χ0) is 14.4. The zero-order valence-electron chi connectivity index (χ0n) is 12.1. The molecular weight excluding hydrogens is 310 g/mol. The van der Waals surface area contributed by atoms with E-state index < -0.39 is 0 Å². The van der Waals surface area contributed by atoms with Crippen molar-refractivity contribution in [2.75, 3.05) is 20.2 Å². The third kappa shape index (κ3) is 4.62. The molecule has 0 aromatic carbocycles. The SMILES string of the molecule is CCOC(=O)CCN(C)Cc1c(Br)c(C)nn1CC. The van der Waals surface area contributed by atoms with Crippen molar-refractivity contribution in [2.24, 2.45) is 0 Å². The van der Waals surface area contributed by atoms with Crippen molar-refractivity contribution < 1.29 is 9.53 Å². The van der Waals surface area contributed by atoms with Gasteiger partial charge in [0.15, 0.2) is 0 Å². The van der Waals surface area contributed by atoms with Gasteiger partial charge >= 0.3 is 5.97 Å². The van der Waals surface area contributed by atoms with E-state index in [-0.39, 0.29) is 5.97 Å². The number of aromatic nitrogens is 2. The summed E-state index contributed by atoms with van der Waals surface area (Å²) in [5, 5.41) is 4.46. The van der Waals surface area contributed by atoms with E-state index in [4.69, 9.17) is 4.74 Å². The van der Waals surface area contributed by atoms with Crippen LogP contribution < -0.4 is 0 Å². The second-order valence-electron chi connectivity index (χ2n) is 4.45. The fourth-order valence-corrected chi connectivity index (χ4v) is 2.28. The molecular formula is C13H22BrN3O2. The van der Waals surface area contributed by atoms with Crippen LogP contribution in [0.1, 0.15) is 31.7 Å². The van der Waals surface area contributed by atoms with Gasteiger partial charge in [0.25, 0.3) is 0 Å². The number of halogens is 1. The van der Waals surface area contributed by atoms with Crippen LogP contribution in [0.5, 0.6) is 0 Å². The van der Waals surface area contributed by atoms with Crippen molar-refractivity contribution in [1.29, 1.82) is 0 Å². The van der Waals surface area contributed by atoms with Crippen LogP contribution in [0.3, 0.4) is 0 Å². The monoisotopic (exact) mass is 331 g/mol. The first-order chi connectivity index (χ1) is 8.99. The molecule has 1 aromatic heterocycles. The fourth-order valence-electron chi connectivity index (χ4n) is 1.87. The van der Waals surface area contributed by atoms with E-state index in [0.29, 0.717) is 19.6 Å². The first kappa shape index (κ1) is 16.2. The van der Waals surface area contributed by atoms with Crippen molar-refractivity contribution in [1.82, 2.24) is 14.7 Å². The van der Waals surface area contributed by atoms with Crippen molar-refractivity contribution in [2.45, 2.75) is 40.3 Å². The van der Waals surface area contributed by atoms with Crippen molar-refractivity contribution in [3.05, 3.63) is 15.9 Å². The summed E-state index contributed by atoms with van der Waals surface area (Å²) >= 11 is 3.57. The molecule has 0 spiro atoms. The highest BCUT2D eigenvalue weighted by atomic mass is 79.9. The van der Waals surface area contributed by atoms with Crippen molar-refractivity contribution in [3.8, 4) is 0 Å². The van der Waals surface area contributed by atoms with E-state index in [1.54, 1.807) is 0 Å². The summed E-state index contributed by atoms with van der Waals surface area (Å²) in [6.07, 6.45) is 0.418. The Balaban J connectivity index is 2.57. The fraction of sp³-hybridized carbons (Fsp3) is 0.692. The molecule has 0 bridgehead atoms. The average molecular weight is 332 g/mol. The second kappa shape index (κ2) is 7.65. The predicted molar refractivity (Wildman–Crippen MR) is 77.9 cm³/mol. The lowest BCUT2D eigenvalue weighted by Gasteiger charge is -2.17. The molecule has 19 heavy (non-hydrogen) atoms. The number of rotatable bonds is 7. The topological polar surface area (TPSA) is 47.4 Å². The normalized spacial score (nSPS) is 11.1. The highest BCUT2D eigenvalue weighted by Gasteiger charge is 2.14. The highest BCUT2D eigenvalue weighted by molar-refractivity contribution is 9.10. The molecule has 0 atom stereocenters. The van der Waals surface area contributed by atoms with Crippen LogP contribution in [0.15, 0.2) is 4.47 Å². The maximum Gasteiger partial charge on any atom is 0.307 e. The molecule has 0 amide bonds. The minimum absolute atomic E-state index is 0.145. The Morgan fingerprint density at radius 3 is 2.74 bits per heavy atom. The Kier molecular flexibility index (Phi) is 6.51. The third-order valence-corrected chi connectivity index (χ3v) is 3.91. The van der Waals surface area contributed by atoms with Crippen molar-refractivity contribution >= 4 is 21.9 Å². The minimum Gasteiger partial charge on any atom is -0.466 e. The molecule has 1 rings (SSSR count). The van der Waals surface area contributed by atoms with E-state index in [0.717, 1.165) is 29.0 Å². The smallest absolute Gasteiger partial charge is 0.307 e. The van der Waals surface area contributed by atoms with Gasteiger partial charge in [0, 0.05) is 19.6 Å². The first-order valence-electron chi connectivity index (χ1n) is 6.55. The first-order valence-corrected chi connectivity index (χ1v) is 7.34. The standard InChI is InChI=1S/C13H22BrN3O2/c1-5-17-11(13(14)10(3)15-17)9-16(4)8-7-12(18)19-6-2/h5-9H2,1-4H3. The van der Waals surface area contributed by atoms with E-state index >= 15 is 0 Å². The number of nitrogens with zero attached hydrogens (tertiary/aromatic N) is 3. The van der Waals surface area contributed by atoms with Gasteiger partial charge in [0.2, 0.25) is 0 Å². The van der Waals surface area contributed by atoms with Crippen LogP contribution in [0.4, 0.5) is 0 Å². The average Bonchev–Trinajstić information content (AvgIpc) is 2.64. The van der Waals surface area contributed by atoms with Crippen LogP contribution in [0.2, 0.25) is 0 Å². The molecule has 1 aromatic rings. The summed E-state index contributed by atoms with van der Waals surface area (Å²) < 4.78 is 7.96. The minimum atomic E-state index is -0.145. The number of carbonyl (C=O) groups excluding carboxylic acids is 1. The number of esters is 1. The van der Waals surface area contributed by atoms with Crippen LogP contribution in [-0.2, 0) is 22.6 Å². The number of hydrogen-bond donors (Lipinski definition) is 0. The van der Waals surface area contributed by atoms with E-state index in [2.05, 4.69) is 32.9 Å². The third-order valence-electron chi connectivity index (χ3n) is 2.88. The molecule has 0 saturated carbocycles. The number of carbonyl (C=O) groups is 1. The predicted octanol–water partition coefficient (Wildman–Crippen LogP) is 2.36. The lowest BCUT2D eigenvalue weighted by Crippen LogP contribution is -2.24. The van der Waals surface area contributed by atoms with Gasteiger partial charge in [-0.25, -0.2) is 0 Å². The Morgan fingerprint density at radius 1 is 1.47 bits per heavy atom. The molecule has 0 unspecified atom stereocenters. The zero-order valence-corrected chi connectivity index (χ0v) is 13.7. The number of aryl methyl sites for hydroxylation is 2. The van der Waals surface area contributed by atoms with E-state index in [1.807, 2.05) is 25.6 Å². The van der Waals surface area contributed by atoms with Crippen LogP contribution in [0.25, 0.3) is 0 Å². The summed E-state index contributed by atoms with van der Waals surface area (Å²) in [6, 6.07) is 0. The van der Waals surface area contributed by atoms with Gasteiger partial charge in [-0.1, -0.05) is 0 Å². The summed E-state index contributed by atoms with van der Waals surface area (Å²) in [5.74, 6) is -0.145. The molecule has 0 N–H and O–H groups in total. The van der Waals surface area contributed by atoms with E-state index in [9.17, 15) is 4.79 Å². The maximum atomic E-state index is 11.3. The summed E-state index contributed by atoms with van der Waals surface area (Å²) in [4.78, 5) is 13.4. The van der Waals surface area contributed by atoms with Gasteiger partial charge in [0.1, 0.15) is 0 Å². The van der Waals surface area contributed by atoms with E-state index in [1.165, 1.54) is 0 Å². The van der Waals surface area contributed by atoms with Crippen LogP contribution in [-0.4, -0.2) is 40.8 Å². The maximum absolute atomic E-state index is 11.3. The Hall–Kier alpha value is -0.880. The highest BCUT2D eigenvalue weighted by Crippen LogP contribution is 2.22. The van der Waals surface area contributed by atoms with Gasteiger partial charge in [-0.05, 0) is 43.7 Å². The molecule has 1 heterocycles. The molecule has 0 saturated heterocycles. The molecule has 0 aliphatic rings. The van der Waals surface area contributed by atoms with Crippen LogP contribution in [0, 0.1) is 6.92 Å². The molecule has 108 valence electrons. The quantitative estimate of drug-likeness (QED) is 0.719. The molecule has 6 heteroatoms. The van der Waals surface area contributed by atoms with Gasteiger partial charge in [-0.3, -0.25) is 14.4 Å². The summed E-state index contributed by atoms with van der Waals surface area (Å²) in [7, 11) is 1.99. The van der Waals surface area contributed by atoms with Crippen LogP contribution >= 0.6 is 15.9 Å². The summed E-state index contributed by atoms with van der Waals surface area (Å²) in [5.41, 5.74) is 2.14. The lowest BCUT2D eigenvalue weighted by molar-refractivity contribution is -0.143. The van der Waals surface area contributed by atoms with Gasteiger partial charge in [-0.15, -0.1) is 0 Å². The number of ether oxygens (including phenoxy) is 1. The second-order valence-corrected chi connectivity index (χ2v) is 5.25. The summed E-state index contributed by atoms with van der Waals surface area (Å²) in [6.45, 7) is 8.60. The molecule has 0 radical (unpaired) electrons. The molecule has 0 fully saturated rings. The lowest BCUT2D eigenvalue weighted by atomic mass is 10.3. The molecule has 5 nitrogen and oxygen atoms in total. The Labute approximate surface area is 123 Å². The van der Waals surface area contributed by atoms with Crippen molar-refractivity contribution in [3.63, 3.8) is 0 Å². The molecule has 0 aliphatic carbocycles. The largest absolute Gasteiger partial charge is 0.466 e.